The van der Waals surface area contributed by atoms with Gasteiger partial charge in [-0.15, -0.1) is 0 Å². The van der Waals surface area contributed by atoms with E-state index < -0.39 is 11.9 Å². The Morgan fingerprint density at radius 2 is 2.00 bits per heavy atom. The van der Waals surface area contributed by atoms with Crippen molar-refractivity contribution in [3.63, 3.8) is 0 Å². The van der Waals surface area contributed by atoms with Crippen LogP contribution in [-0.4, -0.2) is 21.7 Å². The first-order valence-electron chi connectivity index (χ1n) is 8.38. The van der Waals surface area contributed by atoms with Gasteiger partial charge in [-0.2, -0.15) is 18.3 Å². The third-order valence-electron chi connectivity index (χ3n) is 5.41. The van der Waals surface area contributed by atoms with Crippen LogP contribution in [0, 0.1) is 17.8 Å². The number of hydrogen-bond acceptors (Lipinski definition) is 3. The minimum atomic E-state index is -4.52. The zero-order valence-corrected chi connectivity index (χ0v) is 13.6. The van der Waals surface area contributed by atoms with E-state index in [-0.39, 0.29) is 30.0 Å². The zero-order chi connectivity index (χ0) is 17.5. The molecule has 2 aliphatic carbocycles. The summed E-state index contributed by atoms with van der Waals surface area (Å²) in [5.74, 6) is 0.400. The van der Waals surface area contributed by atoms with Crippen molar-refractivity contribution in [1.29, 1.82) is 0 Å². The van der Waals surface area contributed by atoms with E-state index in [4.69, 9.17) is 5.73 Å². The third-order valence-corrected chi connectivity index (χ3v) is 5.41. The lowest BCUT2D eigenvalue weighted by Gasteiger charge is -2.43. The van der Waals surface area contributed by atoms with Crippen molar-refractivity contribution in [2.75, 3.05) is 0 Å². The van der Waals surface area contributed by atoms with E-state index in [1.165, 1.54) is 13.2 Å². The molecular formula is C16H23F3N4O. The quantitative estimate of drug-likeness (QED) is 0.883. The normalized spacial score (nSPS) is 30.2. The van der Waals surface area contributed by atoms with Crippen LogP contribution in [0.4, 0.5) is 13.2 Å². The largest absolute Gasteiger partial charge is 0.435 e. The molecule has 24 heavy (non-hydrogen) atoms. The Hall–Kier alpha value is -1.57. The number of rotatable bonds is 3. The highest BCUT2D eigenvalue weighted by Crippen LogP contribution is 2.42. The van der Waals surface area contributed by atoms with Crippen molar-refractivity contribution in [2.45, 2.75) is 50.9 Å². The molecule has 8 heteroatoms. The number of aryl methyl sites for hydroxylation is 1. The minimum absolute atomic E-state index is 0.00828. The van der Waals surface area contributed by atoms with Gasteiger partial charge in [-0.3, -0.25) is 9.48 Å². The smallest absolute Gasteiger partial charge is 0.352 e. The van der Waals surface area contributed by atoms with Crippen LogP contribution in [-0.2, 0) is 24.6 Å². The molecule has 0 saturated heterocycles. The molecule has 0 radical (unpaired) electrons. The van der Waals surface area contributed by atoms with Crippen molar-refractivity contribution in [3.8, 4) is 0 Å². The summed E-state index contributed by atoms with van der Waals surface area (Å²) in [6, 6.07) is 0.165. The number of fused-ring (bicyclic) bond motifs is 2. The number of amides is 1. The third kappa shape index (κ3) is 3.43. The number of carbonyl (C=O) groups is 1. The molecule has 1 amide bonds. The maximum Gasteiger partial charge on any atom is 0.435 e. The fourth-order valence-corrected chi connectivity index (χ4v) is 4.24. The van der Waals surface area contributed by atoms with Crippen molar-refractivity contribution in [3.05, 3.63) is 17.5 Å². The van der Waals surface area contributed by atoms with E-state index in [1.807, 2.05) is 0 Å². The second-order valence-electron chi connectivity index (χ2n) is 7.09. The van der Waals surface area contributed by atoms with E-state index in [0.717, 1.165) is 36.8 Å². The van der Waals surface area contributed by atoms with Gasteiger partial charge in [-0.25, -0.2) is 0 Å². The molecule has 3 rings (SSSR count). The molecule has 2 saturated carbocycles. The van der Waals surface area contributed by atoms with Crippen LogP contribution in [0.15, 0.2) is 6.20 Å². The summed E-state index contributed by atoms with van der Waals surface area (Å²) in [6.45, 7) is -0.153. The second kappa shape index (κ2) is 6.38. The van der Waals surface area contributed by atoms with Gasteiger partial charge in [0, 0.05) is 37.3 Å². The number of hydrogen-bond donors (Lipinski definition) is 2. The molecule has 2 unspecified atom stereocenters. The summed E-state index contributed by atoms with van der Waals surface area (Å²) in [4.78, 5) is 12.4. The highest BCUT2D eigenvalue weighted by molar-refractivity contribution is 5.78. The van der Waals surface area contributed by atoms with Gasteiger partial charge in [0.15, 0.2) is 5.69 Å². The summed E-state index contributed by atoms with van der Waals surface area (Å²) in [7, 11) is 1.43. The van der Waals surface area contributed by atoms with E-state index in [1.54, 1.807) is 0 Å². The van der Waals surface area contributed by atoms with E-state index in [9.17, 15) is 18.0 Å². The predicted molar refractivity (Wildman–Crippen MR) is 81.6 cm³/mol. The van der Waals surface area contributed by atoms with Gasteiger partial charge in [0.1, 0.15) is 0 Å². The van der Waals surface area contributed by atoms with E-state index in [2.05, 4.69) is 10.4 Å². The van der Waals surface area contributed by atoms with E-state index >= 15 is 0 Å². The molecule has 0 aromatic carbocycles. The van der Waals surface area contributed by atoms with Crippen molar-refractivity contribution < 1.29 is 18.0 Å². The first-order chi connectivity index (χ1) is 11.3. The van der Waals surface area contributed by atoms with Gasteiger partial charge in [0.2, 0.25) is 5.91 Å². The van der Waals surface area contributed by atoms with Crippen molar-refractivity contribution in [1.82, 2.24) is 15.1 Å². The van der Waals surface area contributed by atoms with Gasteiger partial charge in [-0.1, -0.05) is 6.42 Å². The molecule has 1 aromatic rings. The summed E-state index contributed by atoms with van der Waals surface area (Å²) >= 11 is 0. The standard InChI is InChI=1S/C16H23F3N4O/c1-23-8-12(14(22-23)16(17,18)19)7-21-15(24)11-5-9-3-2-4-10(6-11)13(9)20/h8-11,13H,2-7,20H2,1H3,(H,21,24). The zero-order valence-electron chi connectivity index (χ0n) is 13.6. The fraction of sp³-hybridized carbons (Fsp3) is 0.750. The monoisotopic (exact) mass is 344 g/mol. The topological polar surface area (TPSA) is 72.9 Å². The van der Waals surface area contributed by atoms with Crippen molar-refractivity contribution in [2.24, 2.45) is 30.5 Å². The molecule has 5 nitrogen and oxygen atoms in total. The van der Waals surface area contributed by atoms with Gasteiger partial charge < -0.3 is 11.1 Å². The predicted octanol–water partition coefficient (Wildman–Crippen LogP) is 2.21. The Kier molecular flexibility index (Phi) is 4.59. The van der Waals surface area contributed by atoms with Crippen LogP contribution >= 0.6 is 0 Å². The minimum Gasteiger partial charge on any atom is -0.352 e. The molecule has 3 N–H and O–H groups in total. The summed E-state index contributed by atoms with van der Waals surface area (Å²) in [6.07, 6.45) is 1.50. The summed E-state index contributed by atoms with van der Waals surface area (Å²) in [5.41, 5.74) is 5.27. The van der Waals surface area contributed by atoms with Gasteiger partial charge in [0.25, 0.3) is 0 Å². The maximum atomic E-state index is 12.9. The first-order valence-corrected chi connectivity index (χ1v) is 8.38. The average Bonchev–Trinajstić information content (AvgIpc) is 2.85. The van der Waals surface area contributed by atoms with Crippen LogP contribution in [0.25, 0.3) is 0 Å². The average molecular weight is 344 g/mol. The van der Waals surface area contributed by atoms with Crippen LogP contribution in [0.5, 0.6) is 0 Å². The Labute approximate surface area is 138 Å². The molecule has 134 valence electrons. The fourth-order valence-electron chi connectivity index (χ4n) is 4.24. The van der Waals surface area contributed by atoms with E-state index in [0.29, 0.717) is 11.8 Å². The lowest BCUT2D eigenvalue weighted by Crippen LogP contribution is -2.49. The highest BCUT2D eigenvalue weighted by atomic mass is 19.4. The maximum absolute atomic E-state index is 12.9. The first kappa shape index (κ1) is 17.3. The lowest BCUT2D eigenvalue weighted by atomic mass is 9.65. The van der Waals surface area contributed by atoms with Gasteiger partial charge in [-0.05, 0) is 37.5 Å². The Bertz CT molecular complexity index is 599. The van der Waals surface area contributed by atoms with Crippen LogP contribution in [0.3, 0.4) is 0 Å². The van der Waals surface area contributed by atoms with Crippen molar-refractivity contribution >= 4 is 5.91 Å². The molecule has 2 fully saturated rings. The highest BCUT2D eigenvalue weighted by Gasteiger charge is 2.41. The molecule has 0 aliphatic heterocycles. The number of nitrogens with zero attached hydrogens (tertiary/aromatic N) is 2. The van der Waals surface area contributed by atoms with Gasteiger partial charge in [0.05, 0.1) is 0 Å². The molecule has 1 aromatic heterocycles. The number of nitrogens with two attached hydrogens (primary N) is 1. The Morgan fingerprint density at radius 3 is 2.58 bits per heavy atom. The molecule has 1 heterocycles. The van der Waals surface area contributed by atoms with Crippen LogP contribution in [0.2, 0.25) is 0 Å². The molecular weight excluding hydrogens is 321 g/mol. The van der Waals surface area contributed by atoms with Crippen LogP contribution < -0.4 is 11.1 Å². The lowest BCUT2D eigenvalue weighted by molar-refractivity contribution is -0.142. The number of halogens is 3. The Balaban J connectivity index is 1.62. The van der Waals surface area contributed by atoms with Crippen LogP contribution in [0.1, 0.15) is 43.4 Å². The number of nitrogens with one attached hydrogen (secondary N) is 1. The summed E-state index contributed by atoms with van der Waals surface area (Å²) < 4.78 is 39.9. The molecule has 2 bridgehead atoms. The number of aromatic nitrogens is 2. The number of alkyl halides is 3. The second-order valence-corrected chi connectivity index (χ2v) is 7.09. The molecule has 0 spiro atoms. The Morgan fingerprint density at radius 1 is 1.38 bits per heavy atom. The SMILES string of the molecule is Cn1cc(CNC(=O)C2CC3CCCC(C2)C3N)c(C(F)(F)F)n1. The number of carbonyl (C=O) groups excluding carboxylic acids is 1. The summed E-state index contributed by atoms with van der Waals surface area (Å²) in [5, 5.41) is 6.12. The molecule has 2 atom stereocenters. The molecule has 2 aliphatic rings. The van der Waals surface area contributed by atoms with Gasteiger partial charge >= 0.3 is 6.18 Å².